The van der Waals surface area contributed by atoms with E-state index in [9.17, 15) is 9.18 Å². The molecule has 0 fully saturated rings. The molecule has 0 saturated heterocycles. The molecule has 82 valence electrons. The van der Waals surface area contributed by atoms with E-state index in [1.54, 1.807) is 0 Å². The first-order valence-corrected chi connectivity index (χ1v) is 4.78. The second kappa shape index (κ2) is 5.34. The first-order chi connectivity index (χ1) is 7.13. The summed E-state index contributed by atoms with van der Waals surface area (Å²) in [5.74, 6) is -0.997. The van der Waals surface area contributed by atoms with Gasteiger partial charge in [0.2, 0.25) is 0 Å². The minimum absolute atomic E-state index is 0.371. The van der Waals surface area contributed by atoms with Crippen LogP contribution in [0.25, 0.3) is 0 Å². The molecule has 3 nitrogen and oxygen atoms in total. The maximum atomic E-state index is 12.6. The highest BCUT2D eigenvalue weighted by Gasteiger charge is 2.17. The zero-order valence-electron chi connectivity index (χ0n) is 8.44. The zero-order valence-corrected chi connectivity index (χ0v) is 8.44. The molecule has 0 heterocycles. The Balaban J connectivity index is 2.65. The SMILES string of the molecule is CCCC(Oc1ccc(F)cc1)C(=O)O. The summed E-state index contributed by atoms with van der Waals surface area (Å²) in [6.45, 7) is 1.88. The van der Waals surface area contributed by atoms with E-state index in [-0.39, 0.29) is 5.82 Å². The third kappa shape index (κ3) is 3.58. The third-order valence-electron chi connectivity index (χ3n) is 1.92. The average molecular weight is 212 g/mol. The summed E-state index contributed by atoms with van der Waals surface area (Å²) in [6, 6.07) is 5.31. The lowest BCUT2D eigenvalue weighted by Gasteiger charge is -2.13. The molecule has 1 aromatic carbocycles. The Labute approximate surface area is 87.5 Å². The normalized spacial score (nSPS) is 12.1. The zero-order chi connectivity index (χ0) is 11.3. The summed E-state index contributed by atoms with van der Waals surface area (Å²) in [7, 11) is 0. The minimum Gasteiger partial charge on any atom is -0.479 e. The predicted octanol–water partition coefficient (Wildman–Crippen LogP) is 2.46. The molecule has 1 unspecified atom stereocenters. The molecule has 0 bridgehead atoms. The molecule has 0 saturated carbocycles. The monoisotopic (exact) mass is 212 g/mol. The number of benzene rings is 1. The summed E-state index contributed by atoms with van der Waals surface area (Å²) in [5, 5.41) is 8.82. The van der Waals surface area contributed by atoms with Gasteiger partial charge < -0.3 is 9.84 Å². The lowest BCUT2D eigenvalue weighted by molar-refractivity contribution is -0.145. The van der Waals surface area contributed by atoms with Crippen molar-refractivity contribution in [2.45, 2.75) is 25.9 Å². The lowest BCUT2D eigenvalue weighted by Crippen LogP contribution is -2.26. The number of aliphatic carboxylic acids is 1. The van der Waals surface area contributed by atoms with E-state index in [1.165, 1.54) is 24.3 Å². The van der Waals surface area contributed by atoms with Gasteiger partial charge in [0, 0.05) is 0 Å². The van der Waals surface area contributed by atoms with Gasteiger partial charge in [-0.15, -0.1) is 0 Å². The number of carboxylic acids is 1. The fraction of sp³-hybridized carbons (Fsp3) is 0.364. The highest BCUT2D eigenvalue weighted by Crippen LogP contribution is 2.15. The first kappa shape index (κ1) is 11.5. The maximum absolute atomic E-state index is 12.6. The number of hydrogen-bond acceptors (Lipinski definition) is 2. The number of ether oxygens (including phenoxy) is 1. The number of rotatable bonds is 5. The summed E-state index contributed by atoms with van der Waals surface area (Å²) < 4.78 is 17.8. The molecule has 1 rings (SSSR count). The standard InChI is InChI=1S/C11H13FO3/c1-2-3-10(11(13)14)15-9-6-4-8(12)5-7-9/h4-7,10H,2-3H2,1H3,(H,13,14). The fourth-order valence-electron chi connectivity index (χ4n) is 1.17. The van der Waals surface area contributed by atoms with Crippen molar-refractivity contribution in [2.75, 3.05) is 0 Å². The Morgan fingerprint density at radius 1 is 1.47 bits per heavy atom. The summed E-state index contributed by atoms with van der Waals surface area (Å²) in [4.78, 5) is 10.8. The quantitative estimate of drug-likeness (QED) is 0.815. The van der Waals surface area contributed by atoms with Gasteiger partial charge >= 0.3 is 5.97 Å². The second-order valence-corrected chi connectivity index (χ2v) is 3.19. The van der Waals surface area contributed by atoms with Crippen molar-refractivity contribution < 1.29 is 19.0 Å². The first-order valence-electron chi connectivity index (χ1n) is 4.78. The highest BCUT2D eigenvalue weighted by molar-refractivity contribution is 5.72. The molecule has 1 atom stereocenters. The van der Waals surface area contributed by atoms with E-state index in [0.29, 0.717) is 12.2 Å². The molecular formula is C11H13FO3. The van der Waals surface area contributed by atoms with Gasteiger partial charge in [-0.2, -0.15) is 0 Å². The Hall–Kier alpha value is -1.58. The second-order valence-electron chi connectivity index (χ2n) is 3.19. The Morgan fingerprint density at radius 3 is 2.53 bits per heavy atom. The smallest absolute Gasteiger partial charge is 0.344 e. The van der Waals surface area contributed by atoms with E-state index in [0.717, 1.165) is 6.42 Å². The lowest BCUT2D eigenvalue weighted by atomic mass is 10.2. The molecule has 0 spiro atoms. The van der Waals surface area contributed by atoms with Crippen LogP contribution in [0.5, 0.6) is 5.75 Å². The molecule has 15 heavy (non-hydrogen) atoms. The molecule has 0 aliphatic rings. The van der Waals surface area contributed by atoms with Crippen LogP contribution in [0.2, 0.25) is 0 Å². The van der Waals surface area contributed by atoms with E-state index in [4.69, 9.17) is 9.84 Å². The van der Waals surface area contributed by atoms with Gasteiger partial charge in [-0.05, 0) is 30.7 Å². The number of carboxylic acid groups (broad SMARTS) is 1. The Kier molecular flexibility index (Phi) is 4.09. The van der Waals surface area contributed by atoms with Crippen molar-refractivity contribution in [1.82, 2.24) is 0 Å². The van der Waals surface area contributed by atoms with Crippen molar-refractivity contribution in [3.05, 3.63) is 30.1 Å². The van der Waals surface area contributed by atoms with E-state index in [2.05, 4.69) is 0 Å². The van der Waals surface area contributed by atoms with Crippen LogP contribution in [0.1, 0.15) is 19.8 Å². The van der Waals surface area contributed by atoms with Crippen molar-refractivity contribution in [2.24, 2.45) is 0 Å². The molecule has 1 N–H and O–H groups in total. The molecule has 0 amide bonds. The van der Waals surface area contributed by atoms with Crippen LogP contribution in [-0.2, 0) is 4.79 Å². The van der Waals surface area contributed by atoms with Crippen LogP contribution in [-0.4, -0.2) is 17.2 Å². The summed E-state index contributed by atoms with van der Waals surface area (Å²) in [5.41, 5.74) is 0. The van der Waals surface area contributed by atoms with Gasteiger partial charge in [0.25, 0.3) is 0 Å². The minimum atomic E-state index is -0.999. The molecular weight excluding hydrogens is 199 g/mol. The van der Waals surface area contributed by atoms with Crippen molar-refractivity contribution in [3.63, 3.8) is 0 Å². The molecule has 1 aromatic rings. The number of halogens is 1. The number of carbonyl (C=O) groups is 1. The van der Waals surface area contributed by atoms with Gasteiger partial charge in [0.15, 0.2) is 6.10 Å². The average Bonchev–Trinajstić information content (AvgIpc) is 2.20. The molecule has 0 aliphatic carbocycles. The topological polar surface area (TPSA) is 46.5 Å². The van der Waals surface area contributed by atoms with Crippen molar-refractivity contribution in [3.8, 4) is 5.75 Å². The van der Waals surface area contributed by atoms with E-state index >= 15 is 0 Å². The molecule has 0 aromatic heterocycles. The van der Waals surface area contributed by atoms with Gasteiger partial charge in [0.05, 0.1) is 0 Å². The van der Waals surface area contributed by atoms with Crippen molar-refractivity contribution in [1.29, 1.82) is 0 Å². The highest BCUT2D eigenvalue weighted by atomic mass is 19.1. The van der Waals surface area contributed by atoms with Gasteiger partial charge in [-0.3, -0.25) is 0 Å². The molecule has 0 radical (unpaired) electrons. The summed E-state index contributed by atoms with van der Waals surface area (Å²) in [6.07, 6.45) is 0.297. The van der Waals surface area contributed by atoms with E-state index < -0.39 is 12.1 Å². The van der Waals surface area contributed by atoms with Crippen LogP contribution in [0, 0.1) is 5.82 Å². The maximum Gasteiger partial charge on any atom is 0.344 e. The van der Waals surface area contributed by atoms with E-state index in [1.807, 2.05) is 6.92 Å². The van der Waals surface area contributed by atoms with Gasteiger partial charge in [-0.25, -0.2) is 9.18 Å². The molecule has 0 aliphatic heterocycles. The fourth-order valence-corrected chi connectivity index (χ4v) is 1.17. The molecule has 4 heteroatoms. The van der Waals surface area contributed by atoms with Crippen LogP contribution < -0.4 is 4.74 Å². The summed E-state index contributed by atoms with van der Waals surface area (Å²) >= 11 is 0. The largest absolute Gasteiger partial charge is 0.479 e. The van der Waals surface area contributed by atoms with Crippen LogP contribution >= 0.6 is 0 Å². The number of hydrogen-bond donors (Lipinski definition) is 1. The van der Waals surface area contributed by atoms with Gasteiger partial charge in [0.1, 0.15) is 11.6 Å². The Morgan fingerprint density at radius 2 is 2.07 bits per heavy atom. The third-order valence-corrected chi connectivity index (χ3v) is 1.92. The predicted molar refractivity (Wildman–Crippen MR) is 53.4 cm³/mol. The van der Waals surface area contributed by atoms with Crippen LogP contribution in [0.3, 0.4) is 0 Å². The van der Waals surface area contributed by atoms with Crippen molar-refractivity contribution >= 4 is 5.97 Å². The van der Waals surface area contributed by atoms with Crippen LogP contribution in [0.15, 0.2) is 24.3 Å². The Bertz CT molecular complexity index is 321. The van der Waals surface area contributed by atoms with Gasteiger partial charge in [-0.1, -0.05) is 13.3 Å². The van der Waals surface area contributed by atoms with Crippen LogP contribution in [0.4, 0.5) is 4.39 Å².